The number of halogens is 2. The second-order valence-electron chi connectivity index (χ2n) is 8.55. The molecule has 1 N–H and O–H groups in total. The number of aliphatic hydroxyl groups excluding tert-OH is 1. The van der Waals surface area contributed by atoms with E-state index in [0.29, 0.717) is 26.2 Å². The first-order chi connectivity index (χ1) is 16.0. The van der Waals surface area contributed by atoms with Crippen molar-refractivity contribution in [2.75, 3.05) is 32.7 Å². The third-order valence-electron chi connectivity index (χ3n) is 6.33. The van der Waals surface area contributed by atoms with Gasteiger partial charge in [0, 0.05) is 69.0 Å². The van der Waals surface area contributed by atoms with Gasteiger partial charge in [0.05, 0.1) is 12.6 Å². The zero-order valence-electron chi connectivity index (χ0n) is 18.1. The van der Waals surface area contributed by atoms with Crippen LogP contribution in [0.3, 0.4) is 0 Å². The molecule has 2 heterocycles. The van der Waals surface area contributed by atoms with Crippen LogP contribution in [0.2, 0.25) is 0 Å². The Balaban J connectivity index is 1.27. The maximum Gasteiger partial charge on any atom is 0.253 e. The molecular weight excluding hydrogens is 546 g/mol. The molecule has 3 aromatic carbocycles. The van der Waals surface area contributed by atoms with Crippen LogP contribution in [0.4, 0.5) is 0 Å². The van der Waals surface area contributed by atoms with Crippen LogP contribution < -0.4 is 0 Å². The van der Waals surface area contributed by atoms with E-state index in [4.69, 9.17) is 0 Å². The number of β-amino-alcohol motifs (C(OH)–C–C–N with tert-alkyl or cyclic N) is 1. The first-order valence-corrected chi connectivity index (χ1v) is 12.7. The molecule has 0 saturated carbocycles. The molecule has 0 spiro atoms. The molecule has 5 nitrogen and oxygen atoms in total. The molecule has 170 valence electrons. The standard InChI is InChI=1S/C26H25Br2N3O2/c27-19-6-8-24-22(14-19)23-15-20(28)7-9-25(23)31(24)17-21(32)16-29-10-12-30(13-11-29)26(33)18-4-2-1-3-5-18/h1-9,14-15,21,32H,10-13,16-17H2/t21-/m1/s1. The summed E-state index contributed by atoms with van der Waals surface area (Å²) in [6.45, 7) is 4.00. The van der Waals surface area contributed by atoms with Gasteiger partial charge in [0.25, 0.3) is 5.91 Å². The van der Waals surface area contributed by atoms with Gasteiger partial charge in [-0.05, 0) is 48.5 Å². The molecule has 0 unspecified atom stereocenters. The van der Waals surface area contributed by atoms with Crippen LogP contribution in [0.5, 0.6) is 0 Å². The molecule has 7 heteroatoms. The van der Waals surface area contributed by atoms with Gasteiger partial charge in [-0.25, -0.2) is 0 Å². The lowest BCUT2D eigenvalue weighted by atomic mass is 10.2. The minimum Gasteiger partial charge on any atom is -0.390 e. The van der Waals surface area contributed by atoms with E-state index >= 15 is 0 Å². The average molecular weight is 571 g/mol. The van der Waals surface area contributed by atoms with Gasteiger partial charge in [-0.3, -0.25) is 9.69 Å². The normalized spacial score (nSPS) is 15.9. The summed E-state index contributed by atoms with van der Waals surface area (Å²) in [7, 11) is 0. The highest BCUT2D eigenvalue weighted by Gasteiger charge is 2.24. The van der Waals surface area contributed by atoms with E-state index in [-0.39, 0.29) is 5.91 Å². The zero-order chi connectivity index (χ0) is 22.9. The number of fused-ring (bicyclic) bond motifs is 3. The van der Waals surface area contributed by atoms with E-state index in [1.165, 1.54) is 10.8 Å². The summed E-state index contributed by atoms with van der Waals surface area (Å²) in [5.74, 6) is 0.0819. The van der Waals surface area contributed by atoms with Crippen molar-refractivity contribution in [3.8, 4) is 0 Å². The highest BCUT2D eigenvalue weighted by molar-refractivity contribution is 9.10. The fourth-order valence-corrected chi connectivity index (χ4v) is 5.43. The summed E-state index contributed by atoms with van der Waals surface area (Å²) in [6.07, 6.45) is -0.507. The number of rotatable bonds is 5. The van der Waals surface area contributed by atoms with Crippen LogP contribution in [0.25, 0.3) is 21.8 Å². The lowest BCUT2D eigenvalue weighted by Gasteiger charge is -2.35. The molecule has 1 aliphatic heterocycles. The Bertz CT molecular complexity index is 1240. The molecule has 1 aliphatic rings. The number of amides is 1. The van der Waals surface area contributed by atoms with Crippen molar-refractivity contribution in [1.82, 2.24) is 14.4 Å². The molecule has 1 aromatic heterocycles. The first-order valence-electron chi connectivity index (χ1n) is 11.1. The van der Waals surface area contributed by atoms with E-state index in [1.54, 1.807) is 0 Å². The third-order valence-corrected chi connectivity index (χ3v) is 7.32. The average Bonchev–Trinajstić information content (AvgIpc) is 3.11. The smallest absolute Gasteiger partial charge is 0.253 e. The Hall–Kier alpha value is -2.19. The molecule has 0 bridgehead atoms. The van der Waals surface area contributed by atoms with Gasteiger partial charge in [0.2, 0.25) is 0 Å². The van der Waals surface area contributed by atoms with Crippen LogP contribution in [-0.2, 0) is 6.54 Å². The summed E-state index contributed by atoms with van der Waals surface area (Å²) in [4.78, 5) is 16.8. The number of carbonyl (C=O) groups is 1. The summed E-state index contributed by atoms with van der Waals surface area (Å²) < 4.78 is 4.29. The Morgan fingerprint density at radius 3 is 1.97 bits per heavy atom. The van der Waals surface area contributed by atoms with Crippen molar-refractivity contribution in [2.24, 2.45) is 0 Å². The van der Waals surface area contributed by atoms with Gasteiger partial charge in [-0.15, -0.1) is 0 Å². The van der Waals surface area contributed by atoms with E-state index in [9.17, 15) is 9.90 Å². The van der Waals surface area contributed by atoms with Gasteiger partial charge in [0.1, 0.15) is 0 Å². The summed E-state index contributed by atoms with van der Waals surface area (Å²) in [5.41, 5.74) is 2.96. The fourth-order valence-electron chi connectivity index (χ4n) is 4.71. The SMILES string of the molecule is O=C(c1ccccc1)N1CCN(C[C@@H](O)Cn2c3ccc(Br)cc3c3cc(Br)ccc32)CC1. The number of hydrogen-bond acceptors (Lipinski definition) is 3. The summed E-state index contributed by atoms with van der Waals surface area (Å²) in [5, 5.41) is 13.3. The van der Waals surface area contributed by atoms with E-state index in [1.807, 2.05) is 47.4 Å². The predicted molar refractivity (Wildman–Crippen MR) is 140 cm³/mol. The number of benzene rings is 3. The number of carbonyl (C=O) groups excluding carboxylic acids is 1. The van der Waals surface area contributed by atoms with Gasteiger partial charge in [-0.2, -0.15) is 0 Å². The number of piperazine rings is 1. The fraction of sp³-hybridized carbons (Fsp3) is 0.269. The molecule has 1 atom stereocenters. The van der Waals surface area contributed by atoms with Crippen molar-refractivity contribution in [3.05, 3.63) is 81.2 Å². The van der Waals surface area contributed by atoms with Gasteiger partial charge in [-0.1, -0.05) is 50.1 Å². The monoisotopic (exact) mass is 569 g/mol. The van der Waals surface area contributed by atoms with Gasteiger partial charge >= 0.3 is 0 Å². The molecule has 0 aliphatic carbocycles. The molecular formula is C26H25Br2N3O2. The molecule has 1 amide bonds. The van der Waals surface area contributed by atoms with Crippen LogP contribution in [0.1, 0.15) is 10.4 Å². The van der Waals surface area contributed by atoms with Gasteiger partial charge < -0.3 is 14.6 Å². The Kier molecular flexibility index (Phi) is 6.56. The molecule has 33 heavy (non-hydrogen) atoms. The first kappa shape index (κ1) is 22.6. The molecule has 0 radical (unpaired) electrons. The Morgan fingerprint density at radius 1 is 0.818 bits per heavy atom. The molecule has 1 saturated heterocycles. The lowest BCUT2D eigenvalue weighted by Crippen LogP contribution is -2.50. The second-order valence-corrected chi connectivity index (χ2v) is 10.4. The maximum absolute atomic E-state index is 12.7. The lowest BCUT2D eigenvalue weighted by molar-refractivity contribution is 0.0503. The minimum atomic E-state index is -0.507. The van der Waals surface area contributed by atoms with E-state index in [0.717, 1.165) is 38.6 Å². The van der Waals surface area contributed by atoms with Crippen molar-refractivity contribution in [1.29, 1.82) is 0 Å². The van der Waals surface area contributed by atoms with Crippen molar-refractivity contribution < 1.29 is 9.90 Å². The Labute approximate surface area is 209 Å². The largest absolute Gasteiger partial charge is 0.390 e. The zero-order valence-corrected chi connectivity index (χ0v) is 21.3. The summed E-state index contributed by atoms with van der Waals surface area (Å²) in [6, 6.07) is 22.0. The van der Waals surface area contributed by atoms with Crippen molar-refractivity contribution in [3.63, 3.8) is 0 Å². The number of aliphatic hydroxyl groups is 1. The van der Waals surface area contributed by atoms with Crippen molar-refractivity contribution in [2.45, 2.75) is 12.6 Å². The highest BCUT2D eigenvalue weighted by Crippen LogP contribution is 2.33. The quantitative estimate of drug-likeness (QED) is 0.361. The number of hydrogen-bond donors (Lipinski definition) is 1. The van der Waals surface area contributed by atoms with Crippen LogP contribution in [0.15, 0.2) is 75.7 Å². The third kappa shape index (κ3) is 4.73. The topological polar surface area (TPSA) is 48.7 Å². The van der Waals surface area contributed by atoms with E-state index < -0.39 is 6.10 Å². The maximum atomic E-state index is 12.7. The predicted octanol–water partition coefficient (Wildman–Crippen LogP) is 5.14. The van der Waals surface area contributed by atoms with Gasteiger partial charge in [0.15, 0.2) is 0 Å². The van der Waals surface area contributed by atoms with Crippen LogP contribution in [-0.4, -0.2) is 64.2 Å². The molecule has 1 fully saturated rings. The molecule has 5 rings (SSSR count). The Morgan fingerprint density at radius 2 is 1.39 bits per heavy atom. The van der Waals surface area contributed by atoms with E-state index in [2.05, 4.69) is 65.6 Å². The number of nitrogens with zero attached hydrogens (tertiary/aromatic N) is 3. The second kappa shape index (κ2) is 9.58. The highest BCUT2D eigenvalue weighted by atomic mass is 79.9. The number of aromatic nitrogens is 1. The van der Waals surface area contributed by atoms with Crippen LogP contribution in [0, 0.1) is 0 Å². The van der Waals surface area contributed by atoms with Crippen LogP contribution >= 0.6 is 31.9 Å². The minimum absolute atomic E-state index is 0.0819. The summed E-state index contributed by atoms with van der Waals surface area (Å²) >= 11 is 7.17. The molecule has 4 aromatic rings. The van der Waals surface area contributed by atoms with Crippen molar-refractivity contribution >= 4 is 59.6 Å².